The highest BCUT2D eigenvalue weighted by Gasteiger charge is 2.38. The Morgan fingerprint density at radius 3 is 2.56 bits per heavy atom. The summed E-state index contributed by atoms with van der Waals surface area (Å²) in [5, 5.41) is 12.1. The molecule has 0 radical (unpaired) electrons. The van der Waals surface area contributed by atoms with E-state index in [9.17, 15) is 9.59 Å². The molecule has 0 aromatic carbocycles. The predicted molar refractivity (Wildman–Crippen MR) is 69.4 cm³/mol. The number of nitrogens with zero attached hydrogens (tertiary/aromatic N) is 1. The Morgan fingerprint density at radius 2 is 2.11 bits per heavy atom. The number of hydrogen-bond donors (Lipinski definition) is 2. The van der Waals surface area contributed by atoms with Crippen LogP contribution in [0.5, 0.6) is 0 Å². The van der Waals surface area contributed by atoms with Crippen molar-refractivity contribution in [3.05, 3.63) is 0 Å². The zero-order valence-electron chi connectivity index (χ0n) is 11.5. The number of hydrogen-bond acceptors (Lipinski definition) is 3. The number of aliphatic carboxylic acids is 1. The largest absolute Gasteiger partial charge is 0.481 e. The summed E-state index contributed by atoms with van der Waals surface area (Å²) in [5.41, 5.74) is -0.527. The molecule has 0 bridgehead atoms. The van der Waals surface area contributed by atoms with Crippen LogP contribution in [0.1, 0.15) is 46.5 Å². The molecule has 5 heteroatoms. The van der Waals surface area contributed by atoms with E-state index in [0.29, 0.717) is 6.54 Å². The van der Waals surface area contributed by atoms with Gasteiger partial charge in [0.05, 0.1) is 12.0 Å². The van der Waals surface area contributed by atoms with Gasteiger partial charge < -0.3 is 15.3 Å². The maximum Gasteiger partial charge on any atom is 0.305 e. The lowest BCUT2D eigenvalue weighted by molar-refractivity contribution is -0.144. The zero-order chi connectivity index (χ0) is 13.8. The van der Waals surface area contributed by atoms with Gasteiger partial charge in [0.25, 0.3) is 0 Å². The van der Waals surface area contributed by atoms with E-state index in [1.807, 2.05) is 13.8 Å². The molecular formula is C13H24N2O3. The van der Waals surface area contributed by atoms with E-state index in [4.69, 9.17) is 5.11 Å². The van der Waals surface area contributed by atoms with Crippen LogP contribution in [0.3, 0.4) is 0 Å². The number of carboxylic acid groups (broad SMARTS) is 1. The quantitative estimate of drug-likeness (QED) is 0.776. The highest BCUT2D eigenvalue weighted by atomic mass is 16.4. The van der Waals surface area contributed by atoms with Crippen molar-refractivity contribution in [1.82, 2.24) is 10.2 Å². The summed E-state index contributed by atoms with van der Waals surface area (Å²) in [6.45, 7) is 7.01. The summed E-state index contributed by atoms with van der Waals surface area (Å²) < 4.78 is 0. The van der Waals surface area contributed by atoms with Crippen LogP contribution in [-0.2, 0) is 9.59 Å². The number of amides is 1. The molecule has 0 aromatic rings. The van der Waals surface area contributed by atoms with Crippen LogP contribution in [0, 0.1) is 0 Å². The molecule has 104 valence electrons. The highest BCUT2D eigenvalue weighted by Crippen LogP contribution is 2.22. The second-order valence-corrected chi connectivity index (χ2v) is 5.25. The first-order valence-corrected chi connectivity index (χ1v) is 6.68. The van der Waals surface area contributed by atoms with Crippen LogP contribution in [0.2, 0.25) is 0 Å². The molecule has 2 unspecified atom stereocenters. The molecule has 1 fully saturated rings. The Labute approximate surface area is 109 Å². The molecule has 1 aliphatic heterocycles. The lowest BCUT2D eigenvalue weighted by atomic mass is 9.89. The van der Waals surface area contributed by atoms with Gasteiger partial charge in [-0.1, -0.05) is 0 Å². The number of carbonyl (C=O) groups is 2. The second kappa shape index (κ2) is 6.18. The third-order valence-corrected chi connectivity index (χ3v) is 3.69. The Morgan fingerprint density at radius 1 is 1.44 bits per heavy atom. The fourth-order valence-corrected chi connectivity index (χ4v) is 2.57. The van der Waals surface area contributed by atoms with Crippen molar-refractivity contribution in [2.24, 2.45) is 0 Å². The maximum atomic E-state index is 12.5. The van der Waals surface area contributed by atoms with Gasteiger partial charge in [-0.2, -0.15) is 0 Å². The smallest absolute Gasteiger partial charge is 0.305 e. The van der Waals surface area contributed by atoms with Crippen molar-refractivity contribution < 1.29 is 14.7 Å². The number of carboxylic acids is 1. The summed E-state index contributed by atoms with van der Waals surface area (Å²) in [5.74, 6) is -0.839. The summed E-state index contributed by atoms with van der Waals surface area (Å²) in [6, 6.07) is -0.263. The molecule has 2 atom stereocenters. The molecule has 2 N–H and O–H groups in total. The zero-order valence-corrected chi connectivity index (χ0v) is 11.5. The highest BCUT2D eigenvalue weighted by molar-refractivity contribution is 5.86. The number of carbonyl (C=O) groups excluding carboxylic acids is 1. The fraction of sp³-hybridized carbons (Fsp3) is 0.846. The predicted octanol–water partition coefficient (Wildman–Crippen LogP) is 1.23. The fourth-order valence-electron chi connectivity index (χ4n) is 2.57. The van der Waals surface area contributed by atoms with Crippen LogP contribution in [0.4, 0.5) is 0 Å². The first-order chi connectivity index (χ1) is 8.40. The number of nitrogens with one attached hydrogen (secondary N) is 1. The molecule has 1 saturated heterocycles. The van der Waals surface area contributed by atoms with Gasteiger partial charge in [-0.3, -0.25) is 9.59 Å². The average Bonchev–Trinajstić information content (AvgIpc) is 2.29. The van der Waals surface area contributed by atoms with Gasteiger partial charge in [-0.25, -0.2) is 0 Å². The van der Waals surface area contributed by atoms with E-state index in [2.05, 4.69) is 5.32 Å². The second-order valence-electron chi connectivity index (χ2n) is 5.25. The standard InChI is InChI=1S/C13H24N2O3/c1-4-15(10(2)9-11(16)17)12(18)13(3)7-5-6-8-14-13/h10,14H,4-9H2,1-3H3,(H,16,17). The molecule has 1 rings (SSSR count). The monoisotopic (exact) mass is 256 g/mol. The van der Waals surface area contributed by atoms with Crippen molar-refractivity contribution in [3.63, 3.8) is 0 Å². The summed E-state index contributed by atoms with van der Waals surface area (Å²) >= 11 is 0. The summed E-state index contributed by atoms with van der Waals surface area (Å²) in [6.07, 6.45) is 2.96. The summed E-state index contributed by atoms with van der Waals surface area (Å²) in [4.78, 5) is 25.0. The molecule has 0 aliphatic carbocycles. The third-order valence-electron chi connectivity index (χ3n) is 3.69. The van der Waals surface area contributed by atoms with Gasteiger partial charge in [0.2, 0.25) is 5.91 Å². The SMILES string of the molecule is CCN(C(=O)C1(C)CCCCN1)C(C)CC(=O)O. The van der Waals surface area contributed by atoms with Crippen molar-refractivity contribution in [1.29, 1.82) is 0 Å². The normalized spacial score (nSPS) is 25.5. The molecular weight excluding hydrogens is 232 g/mol. The third kappa shape index (κ3) is 3.45. The van der Waals surface area contributed by atoms with Crippen LogP contribution in [0.15, 0.2) is 0 Å². The first-order valence-electron chi connectivity index (χ1n) is 6.68. The Kier molecular flexibility index (Phi) is 5.14. The van der Waals surface area contributed by atoms with Crippen molar-refractivity contribution in [2.45, 2.75) is 58.0 Å². The van der Waals surface area contributed by atoms with E-state index < -0.39 is 11.5 Å². The molecule has 0 spiro atoms. The molecule has 0 aromatic heterocycles. The van der Waals surface area contributed by atoms with Gasteiger partial charge in [-0.05, 0) is 46.6 Å². The number of rotatable bonds is 5. The van der Waals surface area contributed by atoms with E-state index in [1.54, 1.807) is 11.8 Å². The van der Waals surface area contributed by atoms with E-state index in [0.717, 1.165) is 25.8 Å². The number of likely N-dealkylation sites (N-methyl/N-ethyl adjacent to an activating group) is 1. The summed E-state index contributed by atoms with van der Waals surface area (Å²) in [7, 11) is 0. The van der Waals surface area contributed by atoms with Crippen LogP contribution in [0.25, 0.3) is 0 Å². The molecule has 18 heavy (non-hydrogen) atoms. The van der Waals surface area contributed by atoms with Crippen molar-refractivity contribution >= 4 is 11.9 Å². The number of piperidine rings is 1. The van der Waals surface area contributed by atoms with Gasteiger partial charge in [0.1, 0.15) is 0 Å². The van der Waals surface area contributed by atoms with Gasteiger partial charge in [-0.15, -0.1) is 0 Å². The van der Waals surface area contributed by atoms with Crippen molar-refractivity contribution in [3.8, 4) is 0 Å². The maximum absolute atomic E-state index is 12.5. The first kappa shape index (κ1) is 15.0. The van der Waals surface area contributed by atoms with Crippen LogP contribution >= 0.6 is 0 Å². The van der Waals surface area contributed by atoms with E-state index in [-0.39, 0.29) is 18.4 Å². The van der Waals surface area contributed by atoms with Crippen molar-refractivity contribution in [2.75, 3.05) is 13.1 Å². The van der Waals surface area contributed by atoms with Gasteiger partial charge >= 0.3 is 5.97 Å². The molecule has 0 saturated carbocycles. The Bertz CT molecular complexity index is 311. The Balaban J connectivity index is 2.74. The lowest BCUT2D eigenvalue weighted by Gasteiger charge is -2.39. The lowest BCUT2D eigenvalue weighted by Crippen LogP contribution is -2.59. The Hall–Kier alpha value is -1.10. The molecule has 1 amide bonds. The van der Waals surface area contributed by atoms with Crippen LogP contribution < -0.4 is 5.32 Å². The molecule has 1 heterocycles. The van der Waals surface area contributed by atoms with Gasteiger partial charge in [0.15, 0.2) is 0 Å². The minimum atomic E-state index is -0.865. The minimum absolute atomic E-state index is 0.00431. The van der Waals surface area contributed by atoms with Crippen LogP contribution in [-0.4, -0.2) is 46.6 Å². The average molecular weight is 256 g/mol. The molecule has 1 aliphatic rings. The topological polar surface area (TPSA) is 69.6 Å². The van der Waals surface area contributed by atoms with Gasteiger partial charge in [0, 0.05) is 12.6 Å². The minimum Gasteiger partial charge on any atom is -0.481 e. The van der Waals surface area contributed by atoms with E-state index >= 15 is 0 Å². The van der Waals surface area contributed by atoms with E-state index in [1.165, 1.54) is 0 Å². The molecule has 5 nitrogen and oxygen atoms in total.